The summed E-state index contributed by atoms with van der Waals surface area (Å²) in [5, 5.41) is 3.74. The highest BCUT2D eigenvalue weighted by atomic mass is 15.0. The maximum atomic E-state index is 3.74. The standard InChI is InChI=1S/C18H21N/c1-13-8-10-15(11-9-13)14(2)19-18-12-17(18)16-6-4-3-5-7-16/h3-11,14,17-19H,12H2,1-2H3. The molecule has 1 N–H and O–H groups in total. The predicted octanol–water partition coefficient (Wildman–Crippen LogP) is 4.20. The molecular formula is C18H21N. The Labute approximate surface area is 115 Å². The van der Waals surface area contributed by atoms with E-state index < -0.39 is 0 Å². The number of benzene rings is 2. The van der Waals surface area contributed by atoms with Crippen LogP contribution in [0.3, 0.4) is 0 Å². The van der Waals surface area contributed by atoms with Gasteiger partial charge in [0.2, 0.25) is 0 Å². The van der Waals surface area contributed by atoms with Crippen molar-refractivity contribution in [3.05, 3.63) is 71.3 Å². The number of aryl methyl sites for hydroxylation is 1. The number of nitrogens with one attached hydrogen (secondary N) is 1. The summed E-state index contributed by atoms with van der Waals surface area (Å²) in [5.74, 6) is 0.703. The molecule has 0 radical (unpaired) electrons. The average Bonchev–Trinajstić information content (AvgIpc) is 3.20. The minimum absolute atomic E-state index is 0.430. The molecule has 1 nitrogen and oxygen atoms in total. The van der Waals surface area contributed by atoms with Crippen LogP contribution in [0.25, 0.3) is 0 Å². The summed E-state index contributed by atoms with van der Waals surface area (Å²) in [6.07, 6.45) is 1.26. The molecule has 3 unspecified atom stereocenters. The maximum absolute atomic E-state index is 3.74. The van der Waals surface area contributed by atoms with Crippen molar-refractivity contribution in [3.8, 4) is 0 Å². The molecule has 0 spiro atoms. The lowest BCUT2D eigenvalue weighted by Gasteiger charge is -2.14. The van der Waals surface area contributed by atoms with Crippen molar-refractivity contribution in [2.75, 3.05) is 0 Å². The Hall–Kier alpha value is -1.60. The molecule has 2 aromatic rings. The number of hydrogen-bond acceptors (Lipinski definition) is 1. The Morgan fingerprint density at radius 1 is 1.00 bits per heavy atom. The van der Waals surface area contributed by atoms with Gasteiger partial charge in [0.1, 0.15) is 0 Å². The molecule has 0 aliphatic heterocycles. The molecule has 1 aliphatic carbocycles. The summed E-state index contributed by atoms with van der Waals surface area (Å²) in [4.78, 5) is 0. The summed E-state index contributed by atoms with van der Waals surface area (Å²) in [6.45, 7) is 4.39. The topological polar surface area (TPSA) is 12.0 Å². The van der Waals surface area contributed by atoms with Crippen molar-refractivity contribution >= 4 is 0 Å². The highest BCUT2D eigenvalue weighted by molar-refractivity contribution is 5.29. The molecule has 0 saturated heterocycles. The van der Waals surface area contributed by atoms with Gasteiger partial charge in [0.25, 0.3) is 0 Å². The molecule has 1 fully saturated rings. The zero-order chi connectivity index (χ0) is 13.2. The molecule has 19 heavy (non-hydrogen) atoms. The van der Waals surface area contributed by atoms with Gasteiger partial charge in [-0.3, -0.25) is 0 Å². The Morgan fingerprint density at radius 3 is 2.37 bits per heavy atom. The number of hydrogen-bond donors (Lipinski definition) is 1. The van der Waals surface area contributed by atoms with Crippen molar-refractivity contribution in [3.63, 3.8) is 0 Å². The second-order valence-corrected chi connectivity index (χ2v) is 5.66. The fraction of sp³-hybridized carbons (Fsp3) is 0.333. The highest BCUT2D eigenvalue weighted by Crippen LogP contribution is 2.41. The molecule has 0 amide bonds. The van der Waals surface area contributed by atoms with Crippen molar-refractivity contribution in [2.45, 2.75) is 38.3 Å². The van der Waals surface area contributed by atoms with Crippen LogP contribution in [-0.4, -0.2) is 6.04 Å². The van der Waals surface area contributed by atoms with E-state index >= 15 is 0 Å². The fourth-order valence-electron chi connectivity index (χ4n) is 2.72. The molecule has 3 atom stereocenters. The Morgan fingerprint density at radius 2 is 1.68 bits per heavy atom. The first-order valence-corrected chi connectivity index (χ1v) is 7.11. The molecule has 1 aliphatic rings. The van der Waals surface area contributed by atoms with Gasteiger partial charge in [-0.25, -0.2) is 0 Å². The summed E-state index contributed by atoms with van der Waals surface area (Å²) in [5.41, 5.74) is 4.17. The quantitative estimate of drug-likeness (QED) is 0.858. The smallest absolute Gasteiger partial charge is 0.0294 e. The molecule has 3 rings (SSSR count). The molecular weight excluding hydrogens is 230 g/mol. The second-order valence-electron chi connectivity index (χ2n) is 5.66. The minimum atomic E-state index is 0.430. The van der Waals surface area contributed by atoms with Crippen LogP contribution in [0.4, 0.5) is 0 Å². The van der Waals surface area contributed by atoms with E-state index in [2.05, 4.69) is 73.8 Å². The van der Waals surface area contributed by atoms with E-state index in [1.165, 1.54) is 23.1 Å². The van der Waals surface area contributed by atoms with Gasteiger partial charge in [-0.1, -0.05) is 60.2 Å². The van der Waals surface area contributed by atoms with Crippen LogP contribution >= 0.6 is 0 Å². The fourth-order valence-corrected chi connectivity index (χ4v) is 2.72. The van der Waals surface area contributed by atoms with Crippen LogP contribution in [0, 0.1) is 6.92 Å². The highest BCUT2D eigenvalue weighted by Gasteiger charge is 2.38. The first-order valence-electron chi connectivity index (χ1n) is 7.11. The summed E-state index contributed by atoms with van der Waals surface area (Å²) in [7, 11) is 0. The Bertz CT molecular complexity index is 529. The third-order valence-corrected chi connectivity index (χ3v) is 4.06. The minimum Gasteiger partial charge on any atom is -0.307 e. The van der Waals surface area contributed by atoms with E-state index in [9.17, 15) is 0 Å². The number of rotatable bonds is 4. The molecule has 0 bridgehead atoms. The van der Waals surface area contributed by atoms with Gasteiger partial charge in [0, 0.05) is 18.0 Å². The lowest BCUT2D eigenvalue weighted by Crippen LogP contribution is -2.22. The van der Waals surface area contributed by atoms with Crippen LogP contribution in [0.1, 0.15) is 42.0 Å². The van der Waals surface area contributed by atoms with Gasteiger partial charge < -0.3 is 5.32 Å². The van der Waals surface area contributed by atoms with Crippen LogP contribution in [0.5, 0.6) is 0 Å². The zero-order valence-corrected chi connectivity index (χ0v) is 11.6. The molecule has 1 saturated carbocycles. The van der Waals surface area contributed by atoms with Gasteiger partial charge in [-0.15, -0.1) is 0 Å². The molecule has 98 valence electrons. The van der Waals surface area contributed by atoms with Gasteiger partial charge in [-0.2, -0.15) is 0 Å². The zero-order valence-electron chi connectivity index (χ0n) is 11.6. The SMILES string of the molecule is Cc1ccc(C(C)NC2CC2c2ccccc2)cc1. The van der Waals surface area contributed by atoms with E-state index in [1.807, 2.05) is 0 Å². The monoisotopic (exact) mass is 251 g/mol. The third-order valence-electron chi connectivity index (χ3n) is 4.06. The molecule has 0 heterocycles. The summed E-state index contributed by atoms with van der Waals surface area (Å²) >= 11 is 0. The Kier molecular flexibility index (Phi) is 3.39. The van der Waals surface area contributed by atoms with E-state index in [0.29, 0.717) is 18.0 Å². The van der Waals surface area contributed by atoms with Crippen LogP contribution in [-0.2, 0) is 0 Å². The van der Waals surface area contributed by atoms with Crippen LogP contribution in [0.15, 0.2) is 54.6 Å². The second kappa shape index (κ2) is 5.18. The van der Waals surface area contributed by atoms with Crippen LogP contribution in [0.2, 0.25) is 0 Å². The van der Waals surface area contributed by atoms with E-state index in [1.54, 1.807) is 0 Å². The van der Waals surface area contributed by atoms with E-state index in [-0.39, 0.29) is 0 Å². The first-order chi connectivity index (χ1) is 9.24. The first kappa shape index (κ1) is 12.4. The van der Waals surface area contributed by atoms with E-state index in [0.717, 1.165) is 0 Å². The van der Waals surface area contributed by atoms with Gasteiger partial charge in [0.05, 0.1) is 0 Å². The van der Waals surface area contributed by atoms with Gasteiger partial charge in [0.15, 0.2) is 0 Å². The average molecular weight is 251 g/mol. The molecule has 0 aromatic heterocycles. The summed E-state index contributed by atoms with van der Waals surface area (Å²) < 4.78 is 0. The van der Waals surface area contributed by atoms with Gasteiger partial charge in [-0.05, 0) is 31.4 Å². The third kappa shape index (κ3) is 2.87. The largest absolute Gasteiger partial charge is 0.307 e. The Balaban J connectivity index is 1.60. The van der Waals surface area contributed by atoms with E-state index in [4.69, 9.17) is 0 Å². The van der Waals surface area contributed by atoms with Gasteiger partial charge >= 0.3 is 0 Å². The summed E-state index contributed by atoms with van der Waals surface area (Å²) in [6, 6.07) is 20.7. The molecule has 1 heteroatoms. The lowest BCUT2D eigenvalue weighted by atomic mass is 10.1. The predicted molar refractivity (Wildman–Crippen MR) is 80.3 cm³/mol. The normalized spacial score (nSPS) is 23.1. The van der Waals surface area contributed by atoms with Crippen molar-refractivity contribution in [1.82, 2.24) is 5.32 Å². The van der Waals surface area contributed by atoms with Crippen LogP contribution < -0.4 is 5.32 Å². The van der Waals surface area contributed by atoms with Crippen molar-refractivity contribution in [1.29, 1.82) is 0 Å². The van der Waals surface area contributed by atoms with Crippen molar-refractivity contribution in [2.24, 2.45) is 0 Å². The maximum Gasteiger partial charge on any atom is 0.0294 e. The van der Waals surface area contributed by atoms with Crippen molar-refractivity contribution < 1.29 is 0 Å². The molecule has 2 aromatic carbocycles. The lowest BCUT2D eigenvalue weighted by molar-refractivity contribution is 0.563.